The van der Waals surface area contributed by atoms with Crippen molar-refractivity contribution < 1.29 is 13.6 Å². The highest BCUT2D eigenvalue weighted by molar-refractivity contribution is 7.79. The molecule has 0 saturated carbocycles. The van der Waals surface area contributed by atoms with Crippen LogP contribution in [0.25, 0.3) is 0 Å². The number of carbonyl (C=O) groups excluding carboxylic acids is 1. The van der Waals surface area contributed by atoms with Crippen molar-refractivity contribution in [3.63, 3.8) is 0 Å². The fourth-order valence-electron chi connectivity index (χ4n) is 0.282. The van der Waals surface area contributed by atoms with Crippen molar-refractivity contribution >= 4 is 17.5 Å². The summed E-state index contributed by atoms with van der Waals surface area (Å²) in [7, 11) is 0. The molecule has 1 N–H and O–H groups in total. The van der Waals surface area contributed by atoms with E-state index in [0.717, 1.165) is 0 Å². The van der Waals surface area contributed by atoms with E-state index in [4.69, 9.17) is 0 Å². The Hall–Kier alpha value is -0.420. The molecule has 54 valence electrons. The molecule has 0 radical (unpaired) electrons. The summed E-state index contributed by atoms with van der Waals surface area (Å²) in [5.74, 6) is 0. The van der Waals surface area contributed by atoms with E-state index in [9.17, 15) is 13.6 Å². The molecule has 0 saturated heterocycles. The van der Waals surface area contributed by atoms with Crippen LogP contribution in [0.15, 0.2) is 0 Å². The molecule has 4 nitrogen and oxygen atoms in total. The molecule has 0 aliphatic heterocycles. The summed E-state index contributed by atoms with van der Waals surface area (Å²) in [5.41, 5.74) is 0. The van der Waals surface area contributed by atoms with Gasteiger partial charge in [0.25, 0.3) is 0 Å². The highest BCUT2D eigenvalue weighted by Gasteiger charge is 1.97. The Labute approximate surface area is 55.9 Å². The van der Waals surface area contributed by atoms with Crippen molar-refractivity contribution in [1.82, 2.24) is 5.32 Å². The molecule has 2 atom stereocenters. The van der Waals surface area contributed by atoms with Gasteiger partial charge in [-0.1, -0.05) is 18.0 Å². The first kappa shape index (κ1) is 8.58. The molecule has 1 amide bonds. The van der Waals surface area contributed by atoms with Crippen LogP contribution >= 0.6 is 0 Å². The number of hydrogen-bond acceptors (Lipinski definition) is 3. The van der Waals surface area contributed by atoms with Crippen LogP contribution in [0.4, 0.5) is 0 Å². The van der Waals surface area contributed by atoms with Crippen molar-refractivity contribution in [3.05, 3.63) is 0 Å². The first-order valence-corrected chi connectivity index (χ1v) is 3.57. The van der Waals surface area contributed by atoms with E-state index in [1.807, 2.05) is 0 Å². The van der Waals surface area contributed by atoms with Gasteiger partial charge in [0.1, 0.15) is 0 Å². The van der Waals surface area contributed by atoms with Crippen molar-refractivity contribution in [2.45, 2.75) is 12.2 Å². The Bertz CT molecular complexity index is 116. The lowest BCUT2D eigenvalue weighted by Crippen LogP contribution is -2.26. The molecular weight excluding hydrogens is 142 g/mol. The lowest BCUT2D eigenvalue weighted by Gasteiger charge is -2.12. The number of nitrogens with one attached hydrogen (secondary N) is 1. The number of rotatable bonds is 4. The van der Waals surface area contributed by atoms with Gasteiger partial charge in [-0.3, -0.25) is 9.00 Å². The molecule has 0 heterocycles. The minimum atomic E-state index is -2.08. The smallest absolute Gasteiger partial charge is 0.207 e. The second-order valence-electron chi connectivity index (χ2n) is 1.60. The predicted molar refractivity (Wildman–Crippen MR) is 32.4 cm³/mol. The first-order valence-electron chi connectivity index (χ1n) is 2.43. The van der Waals surface area contributed by atoms with Crippen LogP contribution in [0.2, 0.25) is 0 Å². The van der Waals surface area contributed by atoms with E-state index < -0.39 is 16.3 Å². The van der Waals surface area contributed by atoms with Crippen molar-refractivity contribution in [3.8, 4) is 0 Å². The lowest BCUT2D eigenvalue weighted by molar-refractivity contribution is -0.109. The molecule has 2 unspecified atom stereocenters. The van der Waals surface area contributed by atoms with Crippen molar-refractivity contribution in [2.75, 3.05) is 6.54 Å². The Morgan fingerprint density at radius 3 is 2.78 bits per heavy atom. The molecule has 0 fully saturated rings. The largest absolute Gasteiger partial charge is 0.772 e. The summed E-state index contributed by atoms with van der Waals surface area (Å²) in [4.78, 5) is 9.62. The van der Waals surface area contributed by atoms with E-state index in [1.54, 1.807) is 0 Å². The van der Waals surface area contributed by atoms with Crippen molar-refractivity contribution in [2.24, 2.45) is 0 Å². The predicted octanol–water partition coefficient (Wildman–Crippen LogP) is -1.000. The van der Waals surface area contributed by atoms with E-state index in [1.165, 1.54) is 6.92 Å². The zero-order valence-electron chi connectivity index (χ0n) is 4.99. The van der Waals surface area contributed by atoms with Crippen LogP contribution in [0.1, 0.15) is 6.92 Å². The van der Waals surface area contributed by atoms with Crippen LogP contribution in [0.5, 0.6) is 0 Å². The third kappa shape index (κ3) is 4.11. The monoisotopic (exact) mass is 150 g/mol. The fourth-order valence-corrected chi connectivity index (χ4v) is 0.514. The third-order valence-corrected chi connectivity index (χ3v) is 1.64. The summed E-state index contributed by atoms with van der Waals surface area (Å²) in [6, 6.07) is 0. The third-order valence-electron chi connectivity index (χ3n) is 0.817. The van der Waals surface area contributed by atoms with Gasteiger partial charge in [0.05, 0.1) is 0 Å². The van der Waals surface area contributed by atoms with E-state index >= 15 is 0 Å². The zero-order chi connectivity index (χ0) is 7.28. The molecule has 0 bridgehead atoms. The SMILES string of the molecule is CC(CNC=O)S(=O)[O-]. The van der Waals surface area contributed by atoms with Gasteiger partial charge in [0.2, 0.25) is 6.41 Å². The van der Waals surface area contributed by atoms with Crippen LogP contribution in [-0.2, 0) is 15.9 Å². The van der Waals surface area contributed by atoms with Gasteiger partial charge in [-0.25, -0.2) is 0 Å². The Kier molecular flexibility index (Phi) is 4.25. The minimum Gasteiger partial charge on any atom is -0.772 e. The van der Waals surface area contributed by atoms with Crippen LogP contribution < -0.4 is 5.32 Å². The van der Waals surface area contributed by atoms with E-state index in [-0.39, 0.29) is 6.54 Å². The Balaban J connectivity index is 3.37. The molecule has 0 aromatic rings. The molecular formula is C4H8NO3S-. The highest BCUT2D eigenvalue weighted by Crippen LogP contribution is 1.86. The van der Waals surface area contributed by atoms with Gasteiger partial charge in [0, 0.05) is 11.8 Å². The fraction of sp³-hybridized carbons (Fsp3) is 0.750. The molecule has 9 heavy (non-hydrogen) atoms. The maximum atomic E-state index is 10.0. The molecule has 5 heteroatoms. The average Bonchev–Trinajstić information content (AvgIpc) is 1.82. The topological polar surface area (TPSA) is 69.2 Å². The number of carbonyl (C=O) groups is 1. The highest BCUT2D eigenvalue weighted by atomic mass is 32.2. The normalized spacial score (nSPS) is 16.2. The van der Waals surface area contributed by atoms with Gasteiger partial charge < -0.3 is 9.87 Å². The standard InChI is InChI=1S/C4H9NO3S/c1-4(9(7)8)2-5-3-6/h3-4H,2H2,1H3,(H,5,6)(H,7,8)/p-1. The molecule has 0 aliphatic rings. The molecule has 0 aromatic carbocycles. The summed E-state index contributed by atoms with van der Waals surface area (Å²) < 4.78 is 20.1. The van der Waals surface area contributed by atoms with Gasteiger partial charge in [0.15, 0.2) is 0 Å². The molecule has 0 rings (SSSR count). The van der Waals surface area contributed by atoms with Gasteiger partial charge in [-0.15, -0.1) is 0 Å². The van der Waals surface area contributed by atoms with Gasteiger partial charge in [-0.05, 0) is 0 Å². The second-order valence-corrected chi connectivity index (χ2v) is 2.92. The Morgan fingerprint density at radius 1 is 1.89 bits per heavy atom. The van der Waals surface area contributed by atoms with E-state index in [2.05, 4.69) is 5.32 Å². The average molecular weight is 150 g/mol. The van der Waals surface area contributed by atoms with Crippen LogP contribution in [0.3, 0.4) is 0 Å². The molecule has 0 spiro atoms. The van der Waals surface area contributed by atoms with Crippen molar-refractivity contribution in [1.29, 1.82) is 0 Å². The van der Waals surface area contributed by atoms with Gasteiger partial charge >= 0.3 is 0 Å². The lowest BCUT2D eigenvalue weighted by atomic mass is 10.5. The number of amides is 1. The van der Waals surface area contributed by atoms with Crippen LogP contribution in [-0.4, -0.2) is 27.0 Å². The quantitative estimate of drug-likeness (QED) is 0.413. The maximum Gasteiger partial charge on any atom is 0.207 e. The van der Waals surface area contributed by atoms with Crippen LogP contribution in [0, 0.1) is 0 Å². The summed E-state index contributed by atoms with van der Waals surface area (Å²) in [6.45, 7) is 1.69. The summed E-state index contributed by atoms with van der Waals surface area (Å²) in [6.07, 6.45) is 0.476. The van der Waals surface area contributed by atoms with E-state index in [0.29, 0.717) is 6.41 Å². The summed E-state index contributed by atoms with van der Waals surface area (Å²) in [5, 5.41) is 1.75. The summed E-state index contributed by atoms with van der Waals surface area (Å²) >= 11 is -2.08. The minimum absolute atomic E-state index is 0.180. The second kappa shape index (κ2) is 4.46. The maximum absolute atomic E-state index is 10.0. The Morgan fingerprint density at radius 2 is 2.44 bits per heavy atom. The zero-order valence-corrected chi connectivity index (χ0v) is 5.81. The molecule has 0 aliphatic carbocycles. The number of hydrogen-bond donors (Lipinski definition) is 1. The van der Waals surface area contributed by atoms with Gasteiger partial charge in [-0.2, -0.15) is 0 Å². The molecule has 0 aromatic heterocycles. The first-order chi connectivity index (χ1) is 4.18.